The number of benzene rings is 2. The second kappa shape index (κ2) is 7.88. The van der Waals surface area contributed by atoms with Crippen molar-refractivity contribution in [1.82, 2.24) is 25.5 Å². The molecule has 0 aliphatic rings. The number of carbonyl (C=O) groups excluding carboxylic acids is 2. The van der Waals surface area contributed by atoms with Crippen molar-refractivity contribution in [2.24, 2.45) is 0 Å². The highest BCUT2D eigenvalue weighted by Crippen LogP contribution is 2.18. The summed E-state index contributed by atoms with van der Waals surface area (Å²) in [5.74, 6) is -0.453. The van der Waals surface area contributed by atoms with E-state index in [1.807, 2.05) is 31.2 Å². The van der Waals surface area contributed by atoms with Crippen LogP contribution in [-0.4, -0.2) is 38.7 Å². The molecule has 1 heterocycles. The quantitative estimate of drug-likeness (QED) is 0.645. The largest absolute Gasteiger partial charge is 0.376 e. The second-order valence-electron chi connectivity index (χ2n) is 5.48. The number of aryl methyl sites for hydroxylation is 1. The first-order chi connectivity index (χ1) is 12.6. The van der Waals surface area contributed by atoms with Crippen LogP contribution in [0.2, 0.25) is 0 Å². The van der Waals surface area contributed by atoms with Gasteiger partial charge < -0.3 is 10.6 Å². The molecule has 0 saturated heterocycles. The smallest absolute Gasteiger partial charge is 0.325 e. The minimum atomic E-state index is -0.581. The maximum atomic E-state index is 12.0. The topological polar surface area (TPSA) is 114 Å². The number of imide groups is 1. The first-order valence-corrected chi connectivity index (χ1v) is 7.85. The van der Waals surface area contributed by atoms with Crippen molar-refractivity contribution >= 4 is 23.3 Å². The lowest BCUT2D eigenvalue weighted by molar-refractivity contribution is -0.118. The second-order valence-corrected chi connectivity index (χ2v) is 5.48. The SMILES string of the molecule is Cc1ccc(-n2cnnn2)cc1NCC(=O)NC(=O)Nc1ccccc1. The highest BCUT2D eigenvalue weighted by atomic mass is 16.2. The van der Waals surface area contributed by atoms with E-state index in [4.69, 9.17) is 0 Å². The molecule has 3 rings (SSSR count). The van der Waals surface area contributed by atoms with Crippen LogP contribution in [0, 0.1) is 6.92 Å². The van der Waals surface area contributed by atoms with Gasteiger partial charge in [-0.1, -0.05) is 24.3 Å². The molecule has 0 spiro atoms. The van der Waals surface area contributed by atoms with Gasteiger partial charge in [-0.05, 0) is 47.2 Å². The Labute approximate surface area is 149 Å². The Hall–Kier alpha value is -3.75. The van der Waals surface area contributed by atoms with E-state index < -0.39 is 11.9 Å². The summed E-state index contributed by atoms with van der Waals surface area (Å²) < 4.78 is 1.51. The Bertz CT molecular complexity index is 895. The summed E-state index contributed by atoms with van der Waals surface area (Å²) in [5, 5.41) is 18.9. The van der Waals surface area contributed by atoms with E-state index in [0.717, 1.165) is 16.9 Å². The molecule has 0 saturated carbocycles. The molecular formula is C17H17N7O2. The number of hydrogen-bond acceptors (Lipinski definition) is 6. The summed E-state index contributed by atoms with van der Waals surface area (Å²) in [6.45, 7) is 1.85. The highest BCUT2D eigenvalue weighted by molar-refractivity contribution is 6.02. The number of carbonyl (C=O) groups is 2. The molecule has 0 bridgehead atoms. The van der Waals surface area contributed by atoms with E-state index in [0.29, 0.717) is 5.69 Å². The zero-order chi connectivity index (χ0) is 18.4. The van der Waals surface area contributed by atoms with Gasteiger partial charge in [0.05, 0.1) is 12.2 Å². The van der Waals surface area contributed by atoms with Gasteiger partial charge in [0.15, 0.2) is 0 Å². The van der Waals surface area contributed by atoms with E-state index in [1.165, 1.54) is 11.0 Å². The lowest BCUT2D eigenvalue weighted by Crippen LogP contribution is -2.38. The van der Waals surface area contributed by atoms with Crippen LogP contribution in [0.3, 0.4) is 0 Å². The normalized spacial score (nSPS) is 10.2. The van der Waals surface area contributed by atoms with Crippen molar-refractivity contribution in [3.05, 3.63) is 60.4 Å². The number of tetrazole rings is 1. The number of nitrogens with zero attached hydrogens (tertiary/aromatic N) is 4. The lowest BCUT2D eigenvalue weighted by Gasteiger charge is -2.11. The van der Waals surface area contributed by atoms with Gasteiger partial charge in [-0.25, -0.2) is 9.48 Å². The highest BCUT2D eigenvalue weighted by Gasteiger charge is 2.09. The average molecular weight is 351 g/mol. The maximum Gasteiger partial charge on any atom is 0.325 e. The zero-order valence-electron chi connectivity index (χ0n) is 14.0. The maximum absolute atomic E-state index is 12.0. The molecule has 1 aromatic heterocycles. The first kappa shape index (κ1) is 17.1. The van der Waals surface area contributed by atoms with Crippen molar-refractivity contribution in [3.63, 3.8) is 0 Å². The Morgan fingerprint density at radius 2 is 1.92 bits per heavy atom. The van der Waals surface area contributed by atoms with Crippen LogP contribution in [0.5, 0.6) is 0 Å². The molecule has 2 aromatic carbocycles. The fourth-order valence-corrected chi connectivity index (χ4v) is 2.25. The molecule has 0 radical (unpaired) electrons. The Morgan fingerprint density at radius 3 is 2.65 bits per heavy atom. The summed E-state index contributed by atoms with van der Waals surface area (Å²) >= 11 is 0. The van der Waals surface area contributed by atoms with Gasteiger partial charge in [-0.2, -0.15) is 0 Å². The Kier molecular flexibility index (Phi) is 5.18. The number of nitrogens with one attached hydrogen (secondary N) is 3. The van der Waals surface area contributed by atoms with Crippen LogP contribution in [-0.2, 0) is 4.79 Å². The summed E-state index contributed by atoms with van der Waals surface area (Å²) in [4.78, 5) is 23.8. The van der Waals surface area contributed by atoms with Gasteiger partial charge in [-0.15, -0.1) is 5.10 Å². The fraction of sp³-hybridized carbons (Fsp3) is 0.118. The van der Waals surface area contributed by atoms with E-state index in [1.54, 1.807) is 24.3 Å². The first-order valence-electron chi connectivity index (χ1n) is 7.85. The van der Waals surface area contributed by atoms with Gasteiger partial charge in [0.2, 0.25) is 5.91 Å². The van der Waals surface area contributed by atoms with Gasteiger partial charge >= 0.3 is 6.03 Å². The van der Waals surface area contributed by atoms with Gasteiger partial charge in [0.25, 0.3) is 0 Å². The number of para-hydroxylation sites is 1. The third kappa shape index (κ3) is 4.41. The van der Waals surface area contributed by atoms with Crippen molar-refractivity contribution in [1.29, 1.82) is 0 Å². The molecule has 3 aromatic rings. The molecule has 9 heteroatoms. The molecule has 0 fully saturated rings. The zero-order valence-corrected chi connectivity index (χ0v) is 14.0. The molecule has 0 aliphatic carbocycles. The van der Waals surface area contributed by atoms with Gasteiger partial charge in [0, 0.05) is 11.4 Å². The number of amides is 3. The molecule has 26 heavy (non-hydrogen) atoms. The van der Waals surface area contributed by atoms with E-state index >= 15 is 0 Å². The van der Waals surface area contributed by atoms with Gasteiger partial charge in [-0.3, -0.25) is 10.1 Å². The fourth-order valence-electron chi connectivity index (χ4n) is 2.25. The van der Waals surface area contributed by atoms with Crippen molar-refractivity contribution in [3.8, 4) is 5.69 Å². The predicted octanol–water partition coefficient (Wildman–Crippen LogP) is 1.73. The van der Waals surface area contributed by atoms with Crippen molar-refractivity contribution < 1.29 is 9.59 Å². The van der Waals surface area contributed by atoms with Crippen LogP contribution >= 0.6 is 0 Å². The van der Waals surface area contributed by atoms with Crippen molar-refractivity contribution in [2.75, 3.05) is 17.2 Å². The standard InChI is InChI=1S/C17H17N7O2/c1-12-7-8-14(24-11-19-22-23-24)9-15(12)18-10-16(25)21-17(26)20-13-5-3-2-4-6-13/h2-9,11,18H,10H2,1H3,(H2,20,21,25,26). The summed E-state index contributed by atoms with van der Waals surface area (Å²) in [6, 6.07) is 13.9. The molecule has 3 N–H and O–H groups in total. The number of anilines is 2. The molecule has 9 nitrogen and oxygen atoms in total. The Balaban J connectivity index is 1.56. The molecular weight excluding hydrogens is 334 g/mol. The van der Waals surface area contributed by atoms with Crippen LogP contribution < -0.4 is 16.0 Å². The summed E-state index contributed by atoms with van der Waals surface area (Å²) in [6.07, 6.45) is 1.48. The Morgan fingerprint density at radius 1 is 1.12 bits per heavy atom. The summed E-state index contributed by atoms with van der Waals surface area (Å²) in [5.41, 5.74) is 3.06. The molecule has 3 amide bonds. The van der Waals surface area contributed by atoms with Crippen LogP contribution in [0.4, 0.5) is 16.2 Å². The van der Waals surface area contributed by atoms with Crippen molar-refractivity contribution in [2.45, 2.75) is 6.92 Å². The predicted molar refractivity (Wildman–Crippen MR) is 96.0 cm³/mol. The van der Waals surface area contributed by atoms with E-state index in [-0.39, 0.29) is 6.54 Å². The van der Waals surface area contributed by atoms with E-state index in [2.05, 4.69) is 31.5 Å². The van der Waals surface area contributed by atoms with Gasteiger partial charge in [0.1, 0.15) is 6.33 Å². The van der Waals surface area contributed by atoms with Crippen LogP contribution in [0.25, 0.3) is 5.69 Å². The molecule has 0 atom stereocenters. The third-order valence-corrected chi connectivity index (χ3v) is 3.56. The number of hydrogen-bond donors (Lipinski definition) is 3. The minimum Gasteiger partial charge on any atom is -0.376 e. The molecule has 0 unspecified atom stereocenters. The molecule has 0 aliphatic heterocycles. The summed E-state index contributed by atoms with van der Waals surface area (Å²) in [7, 11) is 0. The number of urea groups is 1. The van der Waals surface area contributed by atoms with Crippen LogP contribution in [0.15, 0.2) is 54.9 Å². The lowest BCUT2D eigenvalue weighted by atomic mass is 10.2. The number of aromatic nitrogens is 4. The number of rotatable bonds is 5. The van der Waals surface area contributed by atoms with Crippen LogP contribution in [0.1, 0.15) is 5.56 Å². The minimum absolute atomic E-state index is 0.0535. The average Bonchev–Trinajstić information content (AvgIpc) is 3.16. The monoisotopic (exact) mass is 351 g/mol. The third-order valence-electron chi connectivity index (χ3n) is 3.56. The van der Waals surface area contributed by atoms with E-state index in [9.17, 15) is 9.59 Å². The molecule has 132 valence electrons.